The summed E-state index contributed by atoms with van der Waals surface area (Å²) in [7, 11) is 2.02. The van der Waals surface area contributed by atoms with Crippen LogP contribution in [0.5, 0.6) is 0 Å². The Morgan fingerprint density at radius 3 is 2.76 bits per heavy atom. The Bertz CT molecular complexity index is 387. The predicted molar refractivity (Wildman–Crippen MR) is 71.0 cm³/mol. The van der Waals surface area contributed by atoms with Crippen molar-refractivity contribution >= 4 is 0 Å². The van der Waals surface area contributed by atoms with Crippen molar-refractivity contribution in [1.29, 1.82) is 0 Å². The Morgan fingerprint density at radius 1 is 1.47 bits per heavy atom. The van der Waals surface area contributed by atoms with Crippen molar-refractivity contribution in [3.8, 4) is 0 Å². The zero-order chi connectivity index (χ0) is 12.6. The van der Waals surface area contributed by atoms with E-state index in [0.717, 1.165) is 12.5 Å². The number of aromatic nitrogens is 2. The van der Waals surface area contributed by atoms with Gasteiger partial charge >= 0.3 is 0 Å². The largest absolute Gasteiger partial charge is 0.310 e. The summed E-state index contributed by atoms with van der Waals surface area (Å²) in [6, 6.07) is 0.503. The summed E-state index contributed by atoms with van der Waals surface area (Å²) in [5, 5.41) is 8.32. The molecule has 1 saturated heterocycles. The highest BCUT2D eigenvalue weighted by atomic mass is 15.3. The van der Waals surface area contributed by atoms with E-state index < -0.39 is 0 Å². The lowest BCUT2D eigenvalue weighted by Crippen LogP contribution is -2.22. The van der Waals surface area contributed by atoms with Crippen LogP contribution in [-0.4, -0.2) is 16.3 Å². The molecule has 17 heavy (non-hydrogen) atoms. The molecule has 1 aliphatic heterocycles. The highest BCUT2D eigenvalue weighted by molar-refractivity contribution is 5.28. The number of aryl methyl sites for hydroxylation is 1. The monoisotopic (exact) mass is 235 g/mol. The zero-order valence-corrected chi connectivity index (χ0v) is 11.7. The van der Waals surface area contributed by atoms with Crippen LogP contribution < -0.4 is 5.32 Å². The smallest absolute Gasteiger partial charge is 0.0725 e. The fourth-order valence-corrected chi connectivity index (χ4v) is 2.88. The Hall–Kier alpha value is -0.830. The third-order valence-corrected chi connectivity index (χ3v) is 3.78. The van der Waals surface area contributed by atoms with Gasteiger partial charge in [0.2, 0.25) is 0 Å². The molecule has 0 aliphatic carbocycles. The SMILES string of the molecule is CCC1CCNC1c1cn(C)nc1C(C)(C)C. The minimum Gasteiger partial charge on any atom is -0.310 e. The average molecular weight is 235 g/mol. The molecule has 96 valence electrons. The Labute approximate surface area is 105 Å². The molecule has 2 atom stereocenters. The highest BCUT2D eigenvalue weighted by Gasteiger charge is 2.33. The quantitative estimate of drug-likeness (QED) is 0.854. The molecular formula is C14H25N3. The van der Waals surface area contributed by atoms with E-state index in [2.05, 4.69) is 44.3 Å². The van der Waals surface area contributed by atoms with Gasteiger partial charge in [0.15, 0.2) is 0 Å². The van der Waals surface area contributed by atoms with Gasteiger partial charge in [-0.1, -0.05) is 34.1 Å². The summed E-state index contributed by atoms with van der Waals surface area (Å²) in [6.07, 6.45) is 4.74. The van der Waals surface area contributed by atoms with Crippen molar-refractivity contribution in [3.63, 3.8) is 0 Å². The molecule has 0 saturated carbocycles. The zero-order valence-electron chi connectivity index (χ0n) is 11.7. The lowest BCUT2D eigenvalue weighted by Gasteiger charge is -2.23. The average Bonchev–Trinajstić information content (AvgIpc) is 2.81. The van der Waals surface area contributed by atoms with E-state index in [1.54, 1.807) is 0 Å². The molecule has 0 bridgehead atoms. The molecule has 3 nitrogen and oxygen atoms in total. The van der Waals surface area contributed by atoms with Gasteiger partial charge in [0.05, 0.1) is 5.69 Å². The van der Waals surface area contributed by atoms with Crippen LogP contribution in [0.3, 0.4) is 0 Å². The third kappa shape index (κ3) is 2.39. The third-order valence-electron chi connectivity index (χ3n) is 3.78. The lowest BCUT2D eigenvalue weighted by atomic mass is 9.84. The van der Waals surface area contributed by atoms with Crippen molar-refractivity contribution in [2.24, 2.45) is 13.0 Å². The molecule has 2 unspecified atom stereocenters. The first kappa shape index (κ1) is 12.6. The van der Waals surface area contributed by atoms with Gasteiger partial charge in [0, 0.05) is 30.3 Å². The Kier molecular flexibility index (Phi) is 3.30. The van der Waals surface area contributed by atoms with Gasteiger partial charge in [-0.3, -0.25) is 4.68 Å². The van der Waals surface area contributed by atoms with Crippen molar-refractivity contribution in [3.05, 3.63) is 17.5 Å². The van der Waals surface area contributed by atoms with Crippen molar-refractivity contribution < 1.29 is 0 Å². The number of nitrogens with zero attached hydrogens (tertiary/aromatic N) is 2. The first-order valence-corrected chi connectivity index (χ1v) is 6.71. The predicted octanol–water partition coefficient (Wildman–Crippen LogP) is 2.78. The second-order valence-corrected chi connectivity index (χ2v) is 6.25. The fraction of sp³-hybridized carbons (Fsp3) is 0.786. The van der Waals surface area contributed by atoms with Crippen LogP contribution in [0.1, 0.15) is 57.8 Å². The molecule has 3 heteroatoms. The van der Waals surface area contributed by atoms with Crippen LogP contribution in [-0.2, 0) is 12.5 Å². The van der Waals surface area contributed by atoms with Crippen LogP contribution in [0.2, 0.25) is 0 Å². The molecule has 1 aromatic heterocycles. The summed E-state index contributed by atoms with van der Waals surface area (Å²) < 4.78 is 1.96. The first-order chi connectivity index (χ1) is 7.93. The number of rotatable bonds is 2. The molecule has 0 amide bonds. The number of hydrogen-bond donors (Lipinski definition) is 1. The summed E-state index contributed by atoms with van der Waals surface area (Å²) in [5.74, 6) is 0.764. The standard InChI is InChI=1S/C14H25N3/c1-6-10-7-8-15-12(10)11-9-17(5)16-13(11)14(2,3)4/h9-10,12,15H,6-8H2,1-5H3. The highest BCUT2D eigenvalue weighted by Crippen LogP contribution is 2.36. The first-order valence-electron chi connectivity index (χ1n) is 6.71. The van der Waals surface area contributed by atoms with Gasteiger partial charge in [-0.25, -0.2) is 0 Å². The van der Waals surface area contributed by atoms with Crippen LogP contribution >= 0.6 is 0 Å². The molecule has 1 N–H and O–H groups in total. The topological polar surface area (TPSA) is 29.9 Å². The van der Waals surface area contributed by atoms with Crippen molar-refractivity contribution in [1.82, 2.24) is 15.1 Å². The fourth-order valence-electron chi connectivity index (χ4n) is 2.88. The van der Waals surface area contributed by atoms with E-state index in [1.165, 1.54) is 24.1 Å². The molecule has 1 aliphatic rings. The normalized spacial score (nSPS) is 25.5. The van der Waals surface area contributed by atoms with Gasteiger partial charge in [0.1, 0.15) is 0 Å². The van der Waals surface area contributed by atoms with Crippen LogP contribution in [0.15, 0.2) is 6.20 Å². The van der Waals surface area contributed by atoms with Crippen LogP contribution in [0, 0.1) is 5.92 Å². The van der Waals surface area contributed by atoms with E-state index in [9.17, 15) is 0 Å². The number of hydrogen-bond acceptors (Lipinski definition) is 2. The van der Waals surface area contributed by atoms with Crippen molar-refractivity contribution in [2.75, 3.05) is 6.54 Å². The minimum absolute atomic E-state index is 0.124. The van der Waals surface area contributed by atoms with Crippen LogP contribution in [0.25, 0.3) is 0 Å². The van der Waals surface area contributed by atoms with Gasteiger partial charge in [0.25, 0.3) is 0 Å². The molecule has 2 heterocycles. The summed E-state index contributed by atoms with van der Waals surface area (Å²) >= 11 is 0. The maximum atomic E-state index is 4.67. The van der Waals surface area contributed by atoms with Crippen LogP contribution in [0.4, 0.5) is 0 Å². The van der Waals surface area contributed by atoms with E-state index in [-0.39, 0.29) is 5.41 Å². The van der Waals surface area contributed by atoms with Gasteiger partial charge in [-0.2, -0.15) is 5.10 Å². The maximum Gasteiger partial charge on any atom is 0.0725 e. The molecular weight excluding hydrogens is 210 g/mol. The van der Waals surface area contributed by atoms with E-state index >= 15 is 0 Å². The molecule has 1 aromatic rings. The van der Waals surface area contributed by atoms with E-state index in [0.29, 0.717) is 6.04 Å². The summed E-state index contributed by atoms with van der Waals surface area (Å²) in [6.45, 7) is 10.2. The van der Waals surface area contributed by atoms with Gasteiger partial charge in [-0.15, -0.1) is 0 Å². The molecule has 0 radical (unpaired) electrons. The summed E-state index contributed by atoms with van der Waals surface area (Å²) in [5.41, 5.74) is 2.78. The maximum absolute atomic E-state index is 4.67. The molecule has 0 spiro atoms. The lowest BCUT2D eigenvalue weighted by molar-refractivity contribution is 0.438. The summed E-state index contributed by atoms with van der Waals surface area (Å²) in [4.78, 5) is 0. The minimum atomic E-state index is 0.124. The van der Waals surface area contributed by atoms with Gasteiger partial charge in [-0.05, 0) is 18.9 Å². The molecule has 1 fully saturated rings. The van der Waals surface area contributed by atoms with Crippen molar-refractivity contribution in [2.45, 2.75) is 52.0 Å². The van der Waals surface area contributed by atoms with Gasteiger partial charge < -0.3 is 5.32 Å². The van der Waals surface area contributed by atoms with E-state index in [1.807, 2.05) is 11.7 Å². The van der Waals surface area contributed by atoms with E-state index in [4.69, 9.17) is 0 Å². The molecule has 2 rings (SSSR count). The molecule has 0 aromatic carbocycles. The second kappa shape index (κ2) is 4.45. The Morgan fingerprint density at radius 2 is 2.18 bits per heavy atom. The Balaban J connectivity index is 2.38. The second-order valence-electron chi connectivity index (χ2n) is 6.25. The number of nitrogens with one attached hydrogen (secondary N) is 1.